The van der Waals surface area contributed by atoms with Crippen molar-refractivity contribution in [1.82, 2.24) is 9.80 Å². The van der Waals surface area contributed by atoms with Crippen molar-refractivity contribution in [1.29, 1.82) is 0 Å². The molecule has 2 amide bonds. The third-order valence-corrected chi connectivity index (χ3v) is 6.22. The highest BCUT2D eigenvalue weighted by Crippen LogP contribution is 2.26. The summed E-state index contributed by atoms with van der Waals surface area (Å²) >= 11 is 0. The van der Waals surface area contributed by atoms with Crippen molar-refractivity contribution in [2.45, 2.75) is 46.1 Å². The van der Waals surface area contributed by atoms with Crippen molar-refractivity contribution in [2.24, 2.45) is 5.92 Å². The van der Waals surface area contributed by atoms with Gasteiger partial charge in [-0.2, -0.15) is 0 Å². The highest BCUT2D eigenvalue weighted by Gasteiger charge is 2.28. The Morgan fingerprint density at radius 2 is 1.74 bits per heavy atom. The Bertz CT molecular complexity index is 977. The van der Waals surface area contributed by atoms with Gasteiger partial charge in [-0.3, -0.25) is 9.59 Å². The Morgan fingerprint density at radius 1 is 1.06 bits per heavy atom. The van der Waals surface area contributed by atoms with Crippen molar-refractivity contribution in [2.75, 3.05) is 40.0 Å². The maximum Gasteiger partial charge on any atom is 0.260 e. The first kappa shape index (κ1) is 26.4. The van der Waals surface area contributed by atoms with E-state index in [1.165, 1.54) is 0 Å². The molecule has 0 saturated carbocycles. The van der Waals surface area contributed by atoms with Gasteiger partial charge < -0.3 is 24.0 Å². The molecule has 0 aromatic heterocycles. The number of methoxy groups -OCH3 is 1. The number of amides is 2. The molecule has 0 unspecified atom stereocenters. The molecule has 35 heavy (non-hydrogen) atoms. The van der Waals surface area contributed by atoms with Crippen molar-refractivity contribution < 1.29 is 23.8 Å². The van der Waals surface area contributed by atoms with Gasteiger partial charge in [-0.05, 0) is 56.4 Å². The number of ether oxygens (including phenoxy) is 3. The smallest absolute Gasteiger partial charge is 0.260 e. The zero-order valence-corrected chi connectivity index (χ0v) is 21.4. The number of rotatable bonds is 7. The summed E-state index contributed by atoms with van der Waals surface area (Å²) < 4.78 is 17.4. The van der Waals surface area contributed by atoms with Crippen LogP contribution in [0.4, 0.5) is 0 Å². The lowest BCUT2D eigenvalue weighted by Gasteiger charge is -2.34. The summed E-state index contributed by atoms with van der Waals surface area (Å²) in [7, 11) is 1.58. The average molecular weight is 483 g/mol. The Kier molecular flexibility index (Phi) is 9.82. The number of carbonyl (C=O) groups is 2. The summed E-state index contributed by atoms with van der Waals surface area (Å²) in [5, 5.41) is 0. The third-order valence-electron chi connectivity index (χ3n) is 6.22. The number of para-hydroxylation sites is 3. The van der Waals surface area contributed by atoms with Crippen LogP contribution in [0.25, 0.3) is 0 Å². The molecule has 0 saturated heterocycles. The van der Waals surface area contributed by atoms with E-state index < -0.39 is 0 Å². The lowest BCUT2D eigenvalue weighted by atomic mass is 10.0. The van der Waals surface area contributed by atoms with Crippen LogP contribution in [0.5, 0.6) is 17.2 Å². The quantitative estimate of drug-likeness (QED) is 0.575. The minimum absolute atomic E-state index is 0.0118. The van der Waals surface area contributed by atoms with Crippen molar-refractivity contribution in [3.63, 3.8) is 0 Å². The topological polar surface area (TPSA) is 68.3 Å². The molecule has 7 nitrogen and oxygen atoms in total. The van der Waals surface area contributed by atoms with E-state index in [0.29, 0.717) is 55.0 Å². The summed E-state index contributed by atoms with van der Waals surface area (Å²) in [5.74, 6) is 1.97. The van der Waals surface area contributed by atoms with E-state index in [4.69, 9.17) is 14.2 Å². The first-order chi connectivity index (χ1) is 16.9. The Balaban J connectivity index is 1.83. The molecule has 0 spiro atoms. The van der Waals surface area contributed by atoms with Gasteiger partial charge >= 0.3 is 0 Å². The zero-order chi connectivity index (χ0) is 25.2. The summed E-state index contributed by atoms with van der Waals surface area (Å²) in [4.78, 5) is 30.3. The highest BCUT2D eigenvalue weighted by atomic mass is 16.5. The first-order valence-electron chi connectivity index (χ1n) is 12.5. The van der Waals surface area contributed by atoms with E-state index in [1.807, 2.05) is 59.2 Å². The van der Waals surface area contributed by atoms with Gasteiger partial charge in [0.2, 0.25) is 0 Å². The van der Waals surface area contributed by atoms with Crippen LogP contribution in [0.3, 0.4) is 0 Å². The van der Waals surface area contributed by atoms with E-state index in [1.54, 1.807) is 13.2 Å². The molecule has 0 bridgehead atoms. The molecule has 1 aliphatic rings. The van der Waals surface area contributed by atoms with Gasteiger partial charge in [0.1, 0.15) is 12.4 Å². The minimum Gasteiger partial charge on any atom is -0.493 e. The fraction of sp³-hybridized carbons (Fsp3) is 0.500. The molecule has 0 radical (unpaired) electrons. The molecule has 1 heterocycles. The molecule has 0 aliphatic carbocycles. The SMILES string of the molecule is CCN1CCCCN(C(=O)COc2ccccc2OC)[C@@H](CC(C)C)COc2ccccc2C1=O. The molecular weight excluding hydrogens is 444 g/mol. The van der Waals surface area contributed by atoms with E-state index in [0.717, 1.165) is 19.3 Å². The molecule has 1 aliphatic heterocycles. The fourth-order valence-electron chi connectivity index (χ4n) is 4.41. The molecular formula is C28H38N2O5. The lowest BCUT2D eigenvalue weighted by molar-refractivity contribution is -0.137. The summed E-state index contributed by atoms with van der Waals surface area (Å²) in [5.41, 5.74) is 0.565. The van der Waals surface area contributed by atoms with Crippen LogP contribution in [-0.2, 0) is 4.79 Å². The average Bonchev–Trinajstić information content (AvgIpc) is 2.86. The van der Waals surface area contributed by atoms with E-state index in [9.17, 15) is 9.59 Å². The van der Waals surface area contributed by atoms with Crippen LogP contribution in [0.1, 0.15) is 50.4 Å². The van der Waals surface area contributed by atoms with Crippen LogP contribution in [-0.4, -0.2) is 67.6 Å². The molecule has 190 valence electrons. The summed E-state index contributed by atoms with van der Waals surface area (Å²) in [6.07, 6.45) is 2.40. The molecule has 0 fully saturated rings. The Morgan fingerprint density at radius 3 is 2.46 bits per heavy atom. The number of hydrogen-bond donors (Lipinski definition) is 0. The largest absolute Gasteiger partial charge is 0.493 e. The van der Waals surface area contributed by atoms with Gasteiger partial charge in [0.05, 0.1) is 18.7 Å². The van der Waals surface area contributed by atoms with Gasteiger partial charge in [-0.15, -0.1) is 0 Å². The molecule has 3 rings (SSSR count). The fourth-order valence-corrected chi connectivity index (χ4v) is 4.41. The number of fused-ring (bicyclic) bond motifs is 1. The van der Waals surface area contributed by atoms with Crippen LogP contribution in [0.2, 0.25) is 0 Å². The predicted octanol–water partition coefficient (Wildman–Crippen LogP) is 4.65. The number of benzene rings is 2. The highest BCUT2D eigenvalue weighted by molar-refractivity contribution is 5.97. The molecule has 7 heteroatoms. The second-order valence-corrected chi connectivity index (χ2v) is 9.21. The second kappa shape index (κ2) is 13.0. The third kappa shape index (κ3) is 7.13. The van der Waals surface area contributed by atoms with E-state index in [2.05, 4.69) is 13.8 Å². The van der Waals surface area contributed by atoms with Gasteiger partial charge in [0, 0.05) is 19.6 Å². The summed E-state index contributed by atoms with van der Waals surface area (Å²) in [6.45, 7) is 8.34. The van der Waals surface area contributed by atoms with E-state index in [-0.39, 0.29) is 24.5 Å². The monoisotopic (exact) mass is 482 g/mol. The molecule has 1 atom stereocenters. The lowest BCUT2D eigenvalue weighted by Crippen LogP contribution is -2.47. The number of nitrogens with zero attached hydrogens (tertiary/aromatic N) is 2. The van der Waals surface area contributed by atoms with Gasteiger partial charge in [-0.25, -0.2) is 0 Å². The van der Waals surface area contributed by atoms with Crippen molar-refractivity contribution >= 4 is 11.8 Å². The van der Waals surface area contributed by atoms with Crippen LogP contribution >= 0.6 is 0 Å². The van der Waals surface area contributed by atoms with Crippen LogP contribution in [0.15, 0.2) is 48.5 Å². The van der Waals surface area contributed by atoms with Crippen molar-refractivity contribution in [3.05, 3.63) is 54.1 Å². The number of hydrogen-bond acceptors (Lipinski definition) is 5. The minimum atomic E-state index is -0.131. The van der Waals surface area contributed by atoms with Gasteiger partial charge in [-0.1, -0.05) is 38.1 Å². The van der Waals surface area contributed by atoms with Gasteiger partial charge in [0.15, 0.2) is 18.1 Å². The zero-order valence-electron chi connectivity index (χ0n) is 21.4. The van der Waals surface area contributed by atoms with Crippen molar-refractivity contribution in [3.8, 4) is 17.2 Å². The summed E-state index contributed by atoms with van der Waals surface area (Å²) in [6, 6.07) is 14.6. The normalized spacial score (nSPS) is 17.2. The van der Waals surface area contributed by atoms with Crippen LogP contribution < -0.4 is 14.2 Å². The Hall–Kier alpha value is -3.22. The maximum absolute atomic E-state index is 13.4. The van der Waals surface area contributed by atoms with Crippen LogP contribution in [0, 0.1) is 5.92 Å². The Labute approximate surface area is 209 Å². The van der Waals surface area contributed by atoms with E-state index >= 15 is 0 Å². The maximum atomic E-state index is 13.4. The van der Waals surface area contributed by atoms with Gasteiger partial charge in [0.25, 0.3) is 11.8 Å². The predicted molar refractivity (Wildman–Crippen MR) is 136 cm³/mol. The number of carbonyl (C=O) groups excluding carboxylic acids is 2. The molecule has 2 aromatic carbocycles. The first-order valence-corrected chi connectivity index (χ1v) is 12.5. The second-order valence-electron chi connectivity index (χ2n) is 9.21. The molecule has 2 aromatic rings. The standard InChI is InChI=1S/C28H38N2O5/c1-5-29-16-10-11-17-30(27(31)20-35-26-15-9-8-14-25(26)33-4)22(18-21(2)3)19-34-24-13-7-6-12-23(24)28(29)32/h6-9,12-15,21-22H,5,10-11,16-20H2,1-4H3/t22-/m0/s1. The molecule has 0 N–H and O–H groups in total.